The highest BCUT2D eigenvalue weighted by Crippen LogP contribution is 2.29. The van der Waals surface area contributed by atoms with Gasteiger partial charge in [0.1, 0.15) is 11.6 Å². The second-order valence-electron chi connectivity index (χ2n) is 4.37. The molecule has 3 aromatic rings. The van der Waals surface area contributed by atoms with Crippen LogP contribution in [0, 0.1) is 5.82 Å². The number of aromatic amines is 1. The first-order valence-electron chi connectivity index (χ1n) is 5.83. The van der Waals surface area contributed by atoms with Crippen molar-refractivity contribution in [2.45, 2.75) is 0 Å². The summed E-state index contributed by atoms with van der Waals surface area (Å²) in [5, 5.41) is 9.43. The molecule has 0 fully saturated rings. The van der Waals surface area contributed by atoms with E-state index in [0.717, 1.165) is 16.1 Å². The van der Waals surface area contributed by atoms with Crippen LogP contribution < -0.4 is 0 Å². The zero-order chi connectivity index (χ0) is 15.1. The number of halogens is 3. The van der Waals surface area contributed by atoms with E-state index in [2.05, 4.69) is 25.9 Å². The van der Waals surface area contributed by atoms with Gasteiger partial charge in [-0.15, -0.1) is 0 Å². The number of carbonyl (C=O) groups is 1. The van der Waals surface area contributed by atoms with Crippen molar-refractivity contribution in [1.29, 1.82) is 0 Å². The van der Waals surface area contributed by atoms with Crippen LogP contribution in [0.5, 0.6) is 0 Å². The fraction of sp³-hybridized carbons (Fsp3) is 0. The molecule has 0 aliphatic carbocycles. The van der Waals surface area contributed by atoms with E-state index in [1.165, 1.54) is 6.07 Å². The van der Waals surface area contributed by atoms with Crippen molar-refractivity contribution in [3.8, 4) is 11.4 Å². The van der Waals surface area contributed by atoms with Gasteiger partial charge in [0.2, 0.25) is 0 Å². The lowest BCUT2D eigenvalue weighted by molar-refractivity contribution is 0.0692. The molecular formula is C14H7BrClFN2O2. The van der Waals surface area contributed by atoms with Crippen molar-refractivity contribution in [3.05, 3.63) is 51.2 Å². The van der Waals surface area contributed by atoms with Crippen LogP contribution in [0.15, 0.2) is 34.8 Å². The third-order valence-corrected chi connectivity index (χ3v) is 4.23. The summed E-state index contributed by atoms with van der Waals surface area (Å²) in [5.74, 6) is -1.65. The number of benzene rings is 2. The van der Waals surface area contributed by atoms with E-state index in [1.807, 2.05) is 0 Å². The Hall–Kier alpha value is -1.92. The van der Waals surface area contributed by atoms with E-state index in [0.29, 0.717) is 21.9 Å². The Morgan fingerprint density at radius 2 is 2.10 bits per heavy atom. The Morgan fingerprint density at radius 3 is 2.76 bits per heavy atom. The number of hydrogen-bond acceptors (Lipinski definition) is 2. The summed E-state index contributed by atoms with van der Waals surface area (Å²) >= 11 is 9.32. The molecular weight excluding hydrogens is 363 g/mol. The number of nitrogens with one attached hydrogen (secondary N) is 1. The van der Waals surface area contributed by atoms with Crippen molar-refractivity contribution in [1.82, 2.24) is 9.97 Å². The summed E-state index contributed by atoms with van der Waals surface area (Å²) in [6, 6.07) is 7.59. The summed E-state index contributed by atoms with van der Waals surface area (Å²) in [5.41, 5.74) is 1.11. The molecule has 0 aliphatic rings. The van der Waals surface area contributed by atoms with Gasteiger partial charge in [-0.25, -0.2) is 14.2 Å². The summed E-state index contributed by atoms with van der Waals surface area (Å²) in [4.78, 5) is 18.1. The van der Waals surface area contributed by atoms with E-state index in [1.54, 1.807) is 18.2 Å². The van der Waals surface area contributed by atoms with Gasteiger partial charge in [0.15, 0.2) is 0 Å². The predicted molar refractivity (Wildman–Crippen MR) is 81.2 cm³/mol. The maximum atomic E-state index is 13.6. The second kappa shape index (κ2) is 5.13. The number of aromatic carboxylic acids is 1. The number of imidazole rings is 1. The van der Waals surface area contributed by atoms with Crippen LogP contribution in [-0.4, -0.2) is 21.0 Å². The fourth-order valence-corrected chi connectivity index (χ4v) is 2.40. The molecule has 106 valence electrons. The lowest BCUT2D eigenvalue weighted by atomic mass is 10.2. The number of aromatic nitrogens is 2. The molecule has 0 spiro atoms. The molecule has 0 amide bonds. The van der Waals surface area contributed by atoms with E-state index in [9.17, 15) is 9.18 Å². The molecule has 0 radical (unpaired) electrons. The van der Waals surface area contributed by atoms with Crippen LogP contribution in [0.25, 0.3) is 22.4 Å². The number of fused-ring (bicyclic) bond motifs is 1. The summed E-state index contributed by atoms with van der Waals surface area (Å²) < 4.78 is 14.4. The van der Waals surface area contributed by atoms with Gasteiger partial charge in [0.25, 0.3) is 0 Å². The molecule has 0 aliphatic heterocycles. The quantitative estimate of drug-likeness (QED) is 0.700. The van der Waals surface area contributed by atoms with Gasteiger partial charge in [-0.2, -0.15) is 0 Å². The van der Waals surface area contributed by atoms with Gasteiger partial charge >= 0.3 is 5.97 Å². The van der Waals surface area contributed by atoms with Gasteiger partial charge < -0.3 is 10.1 Å². The smallest absolute Gasteiger partial charge is 0.338 e. The Bertz CT molecular complexity index is 879. The molecule has 2 aromatic carbocycles. The third-order valence-electron chi connectivity index (χ3n) is 2.99. The topological polar surface area (TPSA) is 66.0 Å². The number of carboxylic acids is 1. The van der Waals surface area contributed by atoms with Gasteiger partial charge in [-0.1, -0.05) is 17.7 Å². The highest BCUT2D eigenvalue weighted by atomic mass is 79.9. The van der Waals surface area contributed by atoms with E-state index < -0.39 is 17.3 Å². The van der Waals surface area contributed by atoms with Crippen LogP contribution in [0.1, 0.15) is 10.4 Å². The molecule has 2 N–H and O–H groups in total. The standard InChI is InChI=1S/C14H7BrClFN2O2/c15-8-2-1-6(3-9(8)16)13-18-11-4-7(14(20)21)10(17)5-12(11)19-13/h1-5H,(H,18,19)(H,20,21). The maximum Gasteiger partial charge on any atom is 0.338 e. The van der Waals surface area contributed by atoms with E-state index in [-0.39, 0.29) is 0 Å². The lowest BCUT2D eigenvalue weighted by Crippen LogP contribution is -1.99. The fourth-order valence-electron chi connectivity index (χ4n) is 1.97. The van der Waals surface area contributed by atoms with Crippen molar-refractivity contribution in [2.75, 3.05) is 0 Å². The first-order chi connectivity index (χ1) is 9.95. The molecule has 0 atom stereocenters. The minimum atomic E-state index is -1.33. The molecule has 21 heavy (non-hydrogen) atoms. The average Bonchev–Trinajstić information content (AvgIpc) is 2.83. The van der Waals surface area contributed by atoms with Gasteiger partial charge in [0.05, 0.1) is 21.6 Å². The molecule has 4 nitrogen and oxygen atoms in total. The molecule has 0 saturated carbocycles. The monoisotopic (exact) mass is 368 g/mol. The minimum Gasteiger partial charge on any atom is -0.478 e. The first-order valence-corrected chi connectivity index (χ1v) is 7.01. The number of nitrogens with zero attached hydrogens (tertiary/aromatic N) is 1. The Labute approximate surface area is 131 Å². The van der Waals surface area contributed by atoms with Crippen LogP contribution >= 0.6 is 27.5 Å². The Balaban J connectivity index is 2.16. The van der Waals surface area contributed by atoms with Crippen molar-refractivity contribution >= 4 is 44.5 Å². The predicted octanol–water partition coefficient (Wildman–Crippen LogP) is 4.48. The van der Waals surface area contributed by atoms with Crippen LogP contribution in [-0.2, 0) is 0 Å². The molecule has 0 saturated heterocycles. The highest BCUT2D eigenvalue weighted by molar-refractivity contribution is 9.10. The number of hydrogen-bond donors (Lipinski definition) is 2. The normalized spacial score (nSPS) is 11.0. The second-order valence-corrected chi connectivity index (χ2v) is 5.63. The minimum absolute atomic E-state index is 0.378. The average molecular weight is 370 g/mol. The Morgan fingerprint density at radius 1 is 1.33 bits per heavy atom. The number of H-pyrrole nitrogens is 1. The van der Waals surface area contributed by atoms with E-state index in [4.69, 9.17) is 16.7 Å². The molecule has 0 unspecified atom stereocenters. The summed E-state index contributed by atoms with van der Waals surface area (Å²) in [7, 11) is 0. The van der Waals surface area contributed by atoms with Crippen LogP contribution in [0.2, 0.25) is 5.02 Å². The van der Waals surface area contributed by atoms with E-state index >= 15 is 0 Å². The lowest BCUT2D eigenvalue weighted by Gasteiger charge is -1.99. The summed E-state index contributed by atoms with van der Waals surface area (Å²) in [6.45, 7) is 0. The van der Waals surface area contributed by atoms with Crippen LogP contribution in [0.3, 0.4) is 0 Å². The summed E-state index contributed by atoms with van der Waals surface area (Å²) in [6.07, 6.45) is 0. The number of rotatable bonds is 2. The highest BCUT2D eigenvalue weighted by Gasteiger charge is 2.14. The first kappa shape index (κ1) is 14.0. The van der Waals surface area contributed by atoms with Gasteiger partial charge in [-0.05, 0) is 34.1 Å². The van der Waals surface area contributed by atoms with Crippen molar-refractivity contribution in [2.24, 2.45) is 0 Å². The SMILES string of the molecule is O=C(O)c1cc2nc(-c3ccc(Br)c(Cl)c3)[nH]c2cc1F. The maximum absolute atomic E-state index is 13.6. The zero-order valence-corrected chi connectivity index (χ0v) is 12.7. The molecule has 7 heteroatoms. The van der Waals surface area contributed by atoms with Gasteiger partial charge in [0, 0.05) is 16.1 Å². The largest absolute Gasteiger partial charge is 0.478 e. The Kier molecular flexibility index (Phi) is 3.43. The zero-order valence-electron chi connectivity index (χ0n) is 10.3. The van der Waals surface area contributed by atoms with Crippen molar-refractivity contribution in [3.63, 3.8) is 0 Å². The molecule has 1 aromatic heterocycles. The van der Waals surface area contributed by atoms with Crippen LogP contribution in [0.4, 0.5) is 4.39 Å². The van der Waals surface area contributed by atoms with Crippen molar-refractivity contribution < 1.29 is 14.3 Å². The number of carboxylic acid groups (broad SMARTS) is 1. The van der Waals surface area contributed by atoms with Gasteiger partial charge in [-0.3, -0.25) is 0 Å². The molecule has 0 bridgehead atoms. The molecule has 1 heterocycles. The third kappa shape index (κ3) is 2.52. The molecule has 3 rings (SSSR count).